The lowest BCUT2D eigenvalue weighted by molar-refractivity contribution is -0.162. The van der Waals surface area contributed by atoms with E-state index in [-0.39, 0.29) is 13.2 Å². The van der Waals surface area contributed by atoms with Gasteiger partial charge in [0, 0.05) is 0 Å². The molecule has 3 aromatic rings. The van der Waals surface area contributed by atoms with Crippen LogP contribution in [0.15, 0.2) is 66.7 Å². The van der Waals surface area contributed by atoms with Crippen molar-refractivity contribution in [1.29, 1.82) is 0 Å². The molecule has 0 atom stereocenters. The van der Waals surface area contributed by atoms with Gasteiger partial charge >= 0.3 is 11.9 Å². The molecule has 1 aliphatic carbocycles. The van der Waals surface area contributed by atoms with Gasteiger partial charge in [-0.25, -0.2) is 0 Å². The van der Waals surface area contributed by atoms with E-state index in [0.29, 0.717) is 17.5 Å². The average molecular weight is 415 g/mol. The quantitative estimate of drug-likeness (QED) is 0.422. The molecule has 0 heterocycles. The van der Waals surface area contributed by atoms with E-state index < -0.39 is 17.4 Å². The summed E-state index contributed by atoms with van der Waals surface area (Å²) in [5.41, 5.74) is 4.85. The zero-order valence-electron chi connectivity index (χ0n) is 18.1. The lowest BCUT2D eigenvalue weighted by Crippen LogP contribution is -2.45. The minimum Gasteiger partial charge on any atom is -0.465 e. The molecular weight excluding hydrogens is 388 g/mol. The highest BCUT2D eigenvalue weighted by Crippen LogP contribution is 2.52. The van der Waals surface area contributed by atoms with Gasteiger partial charge in [-0.3, -0.25) is 9.59 Å². The summed E-state index contributed by atoms with van der Waals surface area (Å²) in [6.07, 6.45) is 0.700. The lowest BCUT2D eigenvalue weighted by Gasteiger charge is -2.27. The molecule has 0 spiro atoms. The molecular formula is C27H26O4. The van der Waals surface area contributed by atoms with E-state index in [4.69, 9.17) is 9.47 Å². The molecule has 158 valence electrons. The van der Waals surface area contributed by atoms with Crippen LogP contribution in [0.25, 0.3) is 11.1 Å². The first-order valence-corrected chi connectivity index (χ1v) is 10.7. The standard InChI is InChI=1S/C27H26O4/c1-4-30-25(28)27(26(29)31-5-2)22-14-10-9-13-20(22)24-21(18(3)15-16-23(24)27)17-19-11-7-6-8-12-19/h6-16H,4-5,17H2,1-3H3. The lowest BCUT2D eigenvalue weighted by atomic mass is 9.77. The van der Waals surface area contributed by atoms with Crippen LogP contribution in [-0.2, 0) is 30.9 Å². The molecule has 1 aliphatic rings. The number of fused-ring (bicyclic) bond motifs is 3. The minimum absolute atomic E-state index is 0.181. The van der Waals surface area contributed by atoms with Gasteiger partial charge in [-0.2, -0.15) is 0 Å². The number of carbonyl (C=O) groups is 2. The largest absolute Gasteiger partial charge is 0.465 e. The highest BCUT2D eigenvalue weighted by atomic mass is 16.6. The van der Waals surface area contributed by atoms with Gasteiger partial charge in [-0.05, 0) is 66.1 Å². The molecule has 0 radical (unpaired) electrons. The van der Waals surface area contributed by atoms with E-state index in [1.807, 2.05) is 54.6 Å². The molecule has 0 N–H and O–H groups in total. The maximum absolute atomic E-state index is 13.4. The van der Waals surface area contributed by atoms with Crippen molar-refractivity contribution in [2.45, 2.75) is 32.6 Å². The fourth-order valence-electron chi connectivity index (χ4n) is 4.57. The van der Waals surface area contributed by atoms with Crippen molar-refractivity contribution in [3.63, 3.8) is 0 Å². The number of ether oxygens (including phenoxy) is 2. The average Bonchev–Trinajstić information content (AvgIpc) is 3.08. The monoisotopic (exact) mass is 414 g/mol. The highest BCUT2D eigenvalue weighted by Gasteiger charge is 2.58. The van der Waals surface area contributed by atoms with Crippen LogP contribution in [0.5, 0.6) is 0 Å². The van der Waals surface area contributed by atoms with Crippen molar-refractivity contribution in [1.82, 2.24) is 0 Å². The summed E-state index contributed by atoms with van der Waals surface area (Å²) in [5.74, 6) is -1.18. The van der Waals surface area contributed by atoms with Gasteiger partial charge in [0.1, 0.15) is 0 Å². The Hall–Kier alpha value is -3.40. The number of aryl methyl sites for hydroxylation is 1. The van der Waals surface area contributed by atoms with Gasteiger partial charge in [0.05, 0.1) is 13.2 Å². The predicted molar refractivity (Wildman–Crippen MR) is 120 cm³/mol. The van der Waals surface area contributed by atoms with E-state index in [9.17, 15) is 9.59 Å². The third-order valence-electron chi connectivity index (χ3n) is 5.94. The molecule has 4 heteroatoms. The summed E-state index contributed by atoms with van der Waals surface area (Å²) in [7, 11) is 0. The van der Waals surface area contributed by atoms with Gasteiger partial charge in [0.15, 0.2) is 0 Å². The van der Waals surface area contributed by atoms with Crippen LogP contribution in [0, 0.1) is 6.92 Å². The second-order valence-electron chi connectivity index (χ2n) is 7.68. The van der Waals surface area contributed by atoms with E-state index >= 15 is 0 Å². The molecule has 0 saturated heterocycles. The number of carbonyl (C=O) groups excluding carboxylic acids is 2. The Labute approximate surface area is 182 Å². The minimum atomic E-state index is -1.61. The number of benzene rings is 3. The van der Waals surface area contributed by atoms with Crippen LogP contribution in [0.3, 0.4) is 0 Å². The highest BCUT2D eigenvalue weighted by molar-refractivity contribution is 6.16. The van der Waals surface area contributed by atoms with Crippen molar-refractivity contribution in [2.24, 2.45) is 0 Å². The summed E-state index contributed by atoms with van der Waals surface area (Å²) in [5, 5.41) is 0. The van der Waals surface area contributed by atoms with Crippen LogP contribution in [0.1, 0.15) is 41.7 Å². The Morgan fingerprint density at radius 2 is 1.39 bits per heavy atom. The Bertz CT molecular complexity index is 1110. The van der Waals surface area contributed by atoms with E-state index in [1.165, 1.54) is 5.56 Å². The predicted octanol–water partition coefficient (Wildman–Crippen LogP) is 4.98. The number of hydrogen-bond acceptors (Lipinski definition) is 4. The second kappa shape index (κ2) is 8.38. The first-order valence-electron chi connectivity index (χ1n) is 10.7. The van der Waals surface area contributed by atoms with Gasteiger partial charge in [0.25, 0.3) is 0 Å². The summed E-state index contributed by atoms with van der Waals surface area (Å²) < 4.78 is 10.9. The van der Waals surface area contributed by atoms with Crippen LogP contribution < -0.4 is 0 Å². The Kier molecular flexibility index (Phi) is 5.64. The summed E-state index contributed by atoms with van der Waals surface area (Å²) in [4.78, 5) is 26.9. The van der Waals surface area contributed by atoms with Crippen molar-refractivity contribution in [3.8, 4) is 11.1 Å². The van der Waals surface area contributed by atoms with Crippen molar-refractivity contribution >= 4 is 11.9 Å². The fourth-order valence-corrected chi connectivity index (χ4v) is 4.57. The van der Waals surface area contributed by atoms with Crippen LogP contribution in [-0.4, -0.2) is 25.2 Å². The molecule has 0 amide bonds. The van der Waals surface area contributed by atoms with Gasteiger partial charge in [-0.15, -0.1) is 0 Å². The number of rotatable bonds is 6. The molecule has 0 aliphatic heterocycles. The zero-order valence-corrected chi connectivity index (χ0v) is 18.1. The summed E-state index contributed by atoms with van der Waals surface area (Å²) >= 11 is 0. The number of esters is 2. The van der Waals surface area contributed by atoms with Crippen molar-refractivity contribution in [2.75, 3.05) is 13.2 Å². The smallest absolute Gasteiger partial charge is 0.332 e. The first kappa shape index (κ1) is 20.9. The Morgan fingerprint density at radius 1 is 0.774 bits per heavy atom. The topological polar surface area (TPSA) is 52.6 Å². The number of hydrogen-bond donors (Lipinski definition) is 0. The third kappa shape index (κ3) is 3.23. The zero-order chi connectivity index (χ0) is 22.0. The van der Waals surface area contributed by atoms with Gasteiger partial charge < -0.3 is 9.47 Å². The van der Waals surface area contributed by atoms with E-state index in [1.54, 1.807) is 13.8 Å². The Balaban J connectivity index is 2.03. The fraction of sp³-hybridized carbons (Fsp3) is 0.259. The normalized spacial score (nSPS) is 13.3. The van der Waals surface area contributed by atoms with Crippen LogP contribution in [0.4, 0.5) is 0 Å². The maximum atomic E-state index is 13.4. The molecule has 31 heavy (non-hydrogen) atoms. The second-order valence-corrected chi connectivity index (χ2v) is 7.68. The molecule has 0 aromatic heterocycles. The van der Waals surface area contributed by atoms with E-state index in [2.05, 4.69) is 19.1 Å². The molecule has 0 fully saturated rings. The SMILES string of the molecule is CCOC(=O)C1(C(=O)OCC)c2ccccc2-c2c1ccc(C)c2Cc1ccccc1. The van der Waals surface area contributed by atoms with Crippen molar-refractivity contribution in [3.05, 3.63) is 94.5 Å². The van der Waals surface area contributed by atoms with E-state index in [0.717, 1.165) is 22.3 Å². The maximum Gasteiger partial charge on any atom is 0.332 e. The van der Waals surface area contributed by atoms with Crippen LogP contribution >= 0.6 is 0 Å². The summed E-state index contributed by atoms with van der Waals surface area (Å²) in [6.45, 7) is 5.92. The molecule has 0 unspecified atom stereocenters. The molecule has 4 nitrogen and oxygen atoms in total. The third-order valence-corrected chi connectivity index (χ3v) is 5.94. The van der Waals surface area contributed by atoms with Gasteiger partial charge in [-0.1, -0.05) is 66.7 Å². The summed E-state index contributed by atoms with van der Waals surface area (Å²) in [6, 6.07) is 21.7. The van der Waals surface area contributed by atoms with Gasteiger partial charge in [0.2, 0.25) is 5.41 Å². The van der Waals surface area contributed by atoms with Crippen LogP contribution in [0.2, 0.25) is 0 Å². The molecule has 4 rings (SSSR count). The molecule has 0 bridgehead atoms. The Morgan fingerprint density at radius 3 is 2.03 bits per heavy atom. The first-order chi connectivity index (χ1) is 15.1. The molecule has 3 aromatic carbocycles. The molecule has 0 saturated carbocycles. The van der Waals surface area contributed by atoms with Crippen molar-refractivity contribution < 1.29 is 19.1 Å².